The molecular formula is C13H15FN2S. The number of nitrogens with two attached hydrogens (primary N) is 1. The third kappa shape index (κ3) is 2.90. The molecule has 17 heavy (non-hydrogen) atoms. The van der Waals surface area contributed by atoms with Crippen LogP contribution < -0.4 is 5.73 Å². The van der Waals surface area contributed by atoms with Crippen LogP contribution in [0.3, 0.4) is 0 Å². The van der Waals surface area contributed by atoms with Gasteiger partial charge < -0.3 is 5.73 Å². The Morgan fingerprint density at radius 2 is 2.29 bits per heavy atom. The van der Waals surface area contributed by atoms with Crippen LogP contribution in [0.15, 0.2) is 29.6 Å². The fourth-order valence-corrected chi connectivity index (χ4v) is 2.60. The second-order valence-electron chi connectivity index (χ2n) is 4.07. The van der Waals surface area contributed by atoms with Crippen LogP contribution in [0.5, 0.6) is 0 Å². The molecule has 0 saturated heterocycles. The molecule has 0 radical (unpaired) electrons. The molecule has 2 N–H and O–H groups in total. The smallest absolute Gasteiger partial charge is 0.123 e. The first kappa shape index (κ1) is 12.2. The van der Waals surface area contributed by atoms with Crippen LogP contribution >= 0.6 is 11.3 Å². The predicted octanol–water partition coefficient (Wildman–Crippen LogP) is 3.40. The van der Waals surface area contributed by atoms with Gasteiger partial charge in [0.05, 0.1) is 5.69 Å². The number of hydrogen-bond acceptors (Lipinski definition) is 3. The molecule has 1 aromatic heterocycles. The zero-order chi connectivity index (χ0) is 12.3. The van der Waals surface area contributed by atoms with Crippen LogP contribution in [0.25, 0.3) is 10.6 Å². The molecule has 2 aromatic rings. The summed E-state index contributed by atoms with van der Waals surface area (Å²) in [5.41, 5.74) is 7.41. The average molecular weight is 250 g/mol. The summed E-state index contributed by atoms with van der Waals surface area (Å²) in [4.78, 5) is 4.54. The van der Waals surface area contributed by atoms with Crippen molar-refractivity contribution in [2.75, 3.05) is 6.54 Å². The van der Waals surface area contributed by atoms with Crippen molar-refractivity contribution in [3.05, 3.63) is 41.2 Å². The Balaban J connectivity index is 2.23. The molecule has 0 aliphatic carbocycles. The molecule has 0 amide bonds. The van der Waals surface area contributed by atoms with Gasteiger partial charge in [-0.3, -0.25) is 0 Å². The van der Waals surface area contributed by atoms with Gasteiger partial charge in [0.2, 0.25) is 0 Å². The highest BCUT2D eigenvalue weighted by Crippen LogP contribution is 2.28. The predicted molar refractivity (Wildman–Crippen MR) is 69.6 cm³/mol. The third-order valence-electron chi connectivity index (χ3n) is 2.70. The van der Waals surface area contributed by atoms with Crippen molar-refractivity contribution in [1.29, 1.82) is 0 Å². The minimum atomic E-state index is -0.228. The van der Waals surface area contributed by atoms with E-state index in [1.807, 2.05) is 11.4 Å². The summed E-state index contributed by atoms with van der Waals surface area (Å²) < 4.78 is 13.1. The van der Waals surface area contributed by atoms with E-state index in [0.29, 0.717) is 12.5 Å². The number of rotatable bonds is 4. The second-order valence-corrected chi connectivity index (χ2v) is 4.92. The molecule has 1 unspecified atom stereocenters. The molecule has 0 aliphatic rings. The third-order valence-corrected chi connectivity index (χ3v) is 3.61. The summed E-state index contributed by atoms with van der Waals surface area (Å²) in [6.45, 7) is 2.77. The lowest BCUT2D eigenvalue weighted by molar-refractivity contribution is 0.628. The van der Waals surface area contributed by atoms with Crippen molar-refractivity contribution in [2.45, 2.75) is 19.3 Å². The average Bonchev–Trinajstić information content (AvgIpc) is 2.78. The highest BCUT2D eigenvalue weighted by Gasteiger charge is 2.10. The van der Waals surface area contributed by atoms with E-state index in [1.165, 1.54) is 12.1 Å². The van der Waals surface area contributed by atoms with E-state index in [2.05, 4.69) is 11.9 Å². The van der Waals surface area contributed by atoms with E-state index < -0.39 is 0 Å². The fourth-order valence-electron chi connectivity index (χ4n) is 1.66. The molecule has 0 spiro atoms. The largest absolute Gasteiger partial charge is 0.330 e. The molecule has 1 heterocycles. The van der Waals surface area contributed by atoms with Gasteiger partial charge in [-0.25, -0.2) is 9.37 Å². The molecule has 0 saturated carbocycles. The Labute approximate surface area is 104 Å². The number of benzene rings is 1. The zero-order valence-electron chi connectivity index (χ0n) is 9.69. The van der Waals surface area contributed by atoms with Crippen molar-refractivity contribution in [2.24, 2.45) is 5.73 Å². The Bertz CT molecular complexity index is 496. The Morgan fingerprint density at radius 1 is 1.47 bits per heavy atom. The van der Waals surface area contributed by atoms with Crippen LogP contribution in [0, 0.1) is 5.82 Å². The molecule has 0 aliphatic heterocycles. The molecule has 1 aromatic carbocycles. The van der Waals surface area contributed by atoms with E-state index in [0.717, 1.165) is 22.7 Å². The van der Waals surface area contributed by atoms with E-state index in [9.17, 15) is 4.39 Å². The van der Waals surface area contributed by atoms with Gasteiger partial charge in [0, 0.05) is 16.9 Å². The fraction of sp³-hybridized carbons (Fsp3) is 0.308. The maximum Gasteiger partial charge on any atom is 0.123 e. The van der Waals surface area contributed by atoms with Crippen LogP contribution in [0.4, 0.5) is 4.39 Å². The van der Waals surface area contributed by atoms with Gasteiger partial charge in [-0.05, 0) is 25.1 Å². The van der Waals surface area contributed by atoms with Gasteiger partial charge in [0.15, 0.2) is 0 Å². The molecule has 0 fully saturated rings. The van der Waals surface area contributed by atoms with Crippen molar-refractivity contribution >= 4 is 11.3 Å². The first-order chi connectivity index (χ1) is 8.20. The highest BCUT2D eigenvalue weighted by molar-refractivity contribution is 7.13. The van der Waals surface area contributed by atoms with E-state index >= 15 is 0 Å². The van der Waals surface area contributed by atoms with Crippen molar-refractivity contribution in [3.8, 4) is 10.6 Å². The SMILES string of the molecule is CC(CCN)c1csc(-c2cccc(F)c2)n1. The quantitative estimate of drug-likeness (QED) is 0.903. The lowest BCUT2D eigenvalue weighted by Crippen LogP contribution is -2.04. The highest BCUT2D eigenvalue weighted by atomic mass is 32.1. The zero-order valence-corrected chi connectivity index (χ0v) is 10.5. The van der Waals surface area contributed by atoms with Gasteiger partial charge in [0.1, 0.15) is 10.8 Å². The first-order valence-corrected chi connectivity index (χ1v) is 6.50. The van der Waals surface area contributed by atoms with E-state index in [4.69, 9.17) is 5.73 Å². The van der Waals surface area contributed by atoms with Crippen molar-refractivity contribution in [1.82, 2.24) is 4.98 Å². The van der Waals surface area contributed by atoms with Gasteiger partial charge in [-0.15, -0.1) is 11.3 Å². The molecule has 2 rings (SSSR count). The Morgan fingerprint density at radius 3 is 3.00 bits per heavy atom. The topological polar surface area (TPSA) is 38.9 Å². The van der Waals surface area contributed by atoms with Crippen LogP contribution in [-0.4, -0.2) is 11.5 Å². The molecule has 1 atom stereocenters. The molecule has 0 bridgehead atoms. The van der Waals surface area contributed by atoms with Crippen LogP contribution in [-0.2, 0) is 0 Å². The summed E-state index contributed by atoms with van der Waals surface area (Å²) in [6, 6.07) is 6.53. The molecule has 4 heteroatoms. The number of thiazole rings is 1. The van der Waals surface area contributed by atoms with Crippen LogP contribution in [0.1, 0.15) is 25.0 Å². The standard InChI is InChI=1S/C13H15FN2S/c1-9(5-6-15)12-8-17-13(16-12)10-3-2-4-11(14)7-10/h2-4,7-9H,5-6,15H2,1H3. The van der Waals surface area contributed by atoms with Crippen LogP contribution in [0.2, 0.25) is 0 Å². The minimum absolute atomic E-state index is 0.228. The lowest BCUT2D eigenvalue weighted by atomic mass is 10.1. The number of nitrogens with zero attached hydrogens (tertiary/aromatic N) is 1. The Kier molecular flexibility index (Phi) is 3.86. The summed E-state index contributed by atoms with van der Waals surface area (Å²) >= 11 is 1.55. The monoisotopic (exact) mass is 250 g/mol. The maximum absolute atomic E-state index is 13.1. The summed E-state index contributed by atoms with van der Waals surface area (Å²) in [5.74, 6) is 0.132. The van der Waals surface area contributed by atoms with Gasteiger partial charge in [-0.2, -0.15) is 0 Å². The number of aromatic nitrogens is 1. The number of hydrogen-bond donors (Lipinski definition) is 1. The summed E-state index contributed by atoms with van der Waals surface area (Å²) in [5, 5.41) is 2.89. The summed E-state index contributed by atoms with van der Waals surface area (Å²) in [6.07, 6.45) is 0.923. The molecule has 90 valence electrons. The van der Waals surface area contributed by atoms with E-state index in [1.54, 1.807) is 17.4 Å². The van der Waals surface area contributed by atoms with Gasteiger partial charge in [-0.1, -0.05) is 19.1 Å². The van der Waals surface area contributed by atoms with Gasteiger partial charge in [0.25, 0.3) is 0 Å². The Hall–Kier alpha value is -1.26. The molecular weight excluding hydrogens is 235 g/mol. The number of halogens is 1. The summed E-state index contributed by atoms with van der Waals surface area (Å²) in [7, 11) is 0. The normalized spacial score (nSPS) is 12.6. The first-order valence-electron chi connectivity index (χ1n) is 5.62. The van der Waals surface area contributed by atoms with Gasteiger partial charge >= 0.3 is 0 Å². The second kappa shape index (κ2) is 5.38. The molecule has 2 nitrogen and oxygen atoms in total. The van der Waals surface area contributed by atoms with Crippen molar-refractivity contribution < 1.29 is 4.39 Å². The maximum atomic E-state index is 13.1. The minimum Gasteiger partial charge on any atom is -0.330 e. The lowest BCUT2D eigenvalue weighted by Gasteiger charge is -2.05. The van der Waals surface area contributed by atoms with Crippen molar-refractivity contribution in [3.63, 3.8) is 0 Å². The van der Waals surface area contributed by atoms with E-state index in [-0.39, 0.29) is 5.82 Å².